The summed E-state index contributed by atoms with van der Waals surface area (Å²) >= 11 is 6.09. The molecule has 1 fully saturated rings. The number of hydrogen-bond donors (Lipinski definition) is 0. The van der Waals surface area contributed by atoms with Crippen LogP contribution in [0.4, 0.5) is 0 Å². The van der Waals surface area contributed by atoms with Gasteiger partial charge in [-0.3, -0.25) is 4.79 Å². The first-order valence-corrected chi connectivity index (χ1v) is 11.5. The molecule has 0 unspecified atom stereocenters. The molecule has 31 heavy (non-hydrogen) atoms. The van der Waals surface area contributed by atoms with Gasteiger partial charge in [-0.2, -0.15) is 5.10 Å². The summed E-state index contributed by atoms with van der Waals surface area (Å²) in [5, 5.41) is 6.16. The Balaban J connectivity index is 1.70. The zero-order valence-electron chi connectivity index (χ0n) is 18.2. The molecule has 0 spiro atoms. The van der Waals surface area contributed by atoms with Crippen LogP contribution >= 0.6 is 11.6 Å². The van der Waals surface area contributed by atoms with Crippen LogP contribution in [-0.2, 0) is 6.42 Å². The van der Waals surface area contributed by atoms with Gasteiger partial charge in [0.1, 0.15) is 0 Å². The topological polar surface area (TPSA) is 52.2 Å². The molecule has 4 aromatic rings. The van der Waals surface area contributed by atoms with Crippen molar-refractivity contribution < 1.29 is 0 Å². The molecule has 0 saturated heterocycles. The minimum absolute atomic E-state index is 0.0273. The van der Waals surface area contributed by atoms with E-state index in [4.69, 9.17) is 21.7 Å². The standard InChI is InChI=1S/C25H27ClN4O/c1-4-20-23(17-8-10-18(26)11-9-17)24-27-14-19-22(30(24)28-20)12-13-29(25(19)31)21-7-5-6-15(2)16(21)3/h8-16,21H,4-7H2,1-3H3/t15-,16-,21-/m1/s1. The minimum Gasteiger partial charge on any atom is -0.311 e. The molecule has 3 atom stereocenters. The Morgan fingerprint density at radius 2 is 1.90 bits per heavy atom. The van der Waals surface area contributed by atoms with E-state index in [0.717, 1.165) is 40.8 Å². The number of aryl methyl sites for hydroxylation is 1. The fourth-order valence-corrected chi connectivity index (χ4v) is 5.22. The predicted octanol–water partition coefficient (Wildman–Crippen LogP) is 5.92. The Kier molecular flexibility index (Phi) is 5.09. The largest absolute Gasteiger partial charge is 0.311 e. The van der Waals surface area contributed by atoms with Gasteiger partial charge in [-0.15, -0.1) is 0 Å². The second-order valence-electron chi connectivity index (χ2n) is 8.84. The van der Waals surface area contributed by atoms with Crippen LogP contribution in [0.1, 0.15) is 51.8 Å². The van der Waals surface area contributed by atoms with E-state index in [2.05, 4.69) is 20.8 Å². The van der Waals surface area contributed by atoms with E-state index in [0.29, 0.717) is 22.2 Å². The average molecular weight is 435 g/mol. The van der Waals surface area contributed by atoms with Crippen molar-refractivity contribution >= 4 is 28.2 Å². The van der Waals surface area contributed by atoms with Crippen molar-refractivity contribution in [1.82, 2.24) is 19.2 Å². The first-order valence-electron chi connectivity index (χ1n) is 11.2. The number of hydrogen-bond acceptors (Lipinski definition) is 3. The second kappa shape index (κ2) is 7.79. The minimum atomic E-state index is 0.0273. The maximum atomic E-state index is 13.5. The molecule has 3 aromatic heterocycles. The number of aromatic nitrogens is 4. The summed E-state index contributed by atoms with van der Waals surface area (Å²) in [7, 11) is 0. The molecule has 0 N–H and O–H groups in total. The van der Waals surface area contributed by atoms with E-state index in [9.17, 15) is 4.79 Å². The van der Waals surface area contributed by atoms with E-state index in [1.54, 1.807) is 6.20 Å². The molecule has 0 bridgehead atoms. The number of benzene rings is 1. The van der Waals surface area contributed by atoms with Crippen LogP contribution in [0.5, 0.6) is 0 Å². The normalized spacial score (nSPS) is 21.7. The average Bonchev–Trinajstić information content (AvgIpc) is 3.16. The summed E-state index contributed by atoms with van der Waals surface area (Å²) in [6.07, 6.45) is 7.91. The molecule has 1 saturated carbocycles. The lowest BCUT2D eigenvalue weighted by molar-refractivity contribution is 0.183. The SMILES string of the molecule is CCc1nn2c(ncc3c(=O)n([C@@H]4CCC[C@@H](C)[C@H]4C)ccc32)c1-c1ccc(Cl)cc1. The first kappa shape index (κ1) is 20.3. The lowest BCUT2D eigenvalue weighted by atomic mass is 9.78. The third-order valence-electron chi connectivity index (χ3n) is 7.10. The Hall–Kier alpha value is -2.66. The summed E-state index contributed by atoms with van der Waals surface area (Å²) in [5.74, 6) is 1.11. The van der Waals surface area contributed by atoms with E-state index in [1.807, 2.05) is 45.6 Å². The summed E-state index contributed by atoms with van der Waals surface area (Å²) < 4.78 is 3.76. The van der Waals surface area contributed by atoms with Crippen LogP contribution < -0.4 is 5.56 Å². The molecule has 5 rings (SSSR count). The van der Waals surface area contributed by atoms with Crippen molar-refractivity contribution in [2.24, 2.45) is 11.8 Å². The van der Waals surface area contributed by atoms with Crippen LogP contribution in [-0.4, -0.2) is 19.2 Å². The Morgan fingerprint density at radius 1 is 1.13 bits per heavy atom. The Morgan fingerprint density at radius 3 is 2.65 bits per heavy atom. The van der Waals surface area contributed by atoms with Crippen molar-refractivity contribution in [2.45, 2.75) is 52.5 Å². The molecule has 3 heterocycles. The molecular formula is C25H27ClN4O. The zero-order valence-corrected chi connectivity index (χ0v) is 18.9. The maximum absolute atomic E-state index is 13.5. The van der Waals surface area contributed by atoms with Crippen molar-refractivity contribution in [1.29, 1.82) is 0 Å². The third kappa shape index (κ3) is 3.26. The van der Waals surface area contributed by atoms with Gasteiger partial charge in [0.15, 0.2) is 5.65 Å². The molecule has 1 aliphatic carbocycles. The fourth-order valence-electron chi connectivity index (χ4n) is 5.10. The van der Waals surface area contributed by atoms with Crippen LogP contribution in [0.2, 0.25) is 5.02 Å². The first-order chi connectivity index (χ1) is 15.0. The van der Waals surface area contributed by atoms with Gasteiger partial charge in [-0.1, -0.05) is 57.3 Å². The second-order valence-corrected chi connectivity index (χ2v) is 9.27. The van der Waals surface area contributed by atoms with E-state index < -0.39 is 0 Å². The number of pyridine rings is 1. The molecule has 1 aromatic carbocycles. The summed E-state index contributed by atoms with van der Waals surface area (Å²) in [5.41, 5.74) is 4.59. The lowest BCUT2D eigenvalue weighted by Gasteiger charge is -2.35. The summed E-state index contributed by atoms with van der Waals surface area (Å²) in [6, 6.07) is 10.0. The van der Waals surface area contributed by atoms with Crippen molar-refractivity contribution in [3.8, 4) is 11.1 Å². The van der Waals surface area contributed by atoms with Gasteiger partial charge in [0.25, 0.3) is 5.56 Å². The molecule has 0 aliphatic heterocycles. The summed E-state index contributed by atoms with van der Waals surface area (Å²) in [4.78, 5) is 18.2. The maximum Gasteiger partial charge on any atom is 0.261 e. The number of rotatable bonds is 3. The van der Waals surface area contributed by atoms with Crippen LogP contribution in [0.15, 0.2) is 47.5 Å². The summed E-state index contributed by atoms with van der Waals surface area (Å²) in [6.45, 7) is 6.65. The van der Waals surface area contributed by atoms with E-state index >= 15 is 0 Å². The van der Waals surface area contributed by atoms with Gasteiger partial charge >= 0.3 is 0 Å². The molecule has 1 aliphatic rings. The molecule has 0 amide bonds. The van der Waals surface area contributed by atoms with Gasteiger partial charge in [-0.05, 0) is 48.4 Å². The van der Waals surface area contributed by atoms with Crippen molar-refractivity contribution in [3.05, 3.63) is 63.8 Å². The van der Waals surface area contributed by atoms with Crippen LogP contribution in [0.3, 0.4) is 0 Å². The fraction of sp³-hybridized carbons (Fsp3) is 0.400. The van der Waals surface area contributed by atoms with Crippen LogP contribution in [0.25, 0.3) is 27.7 Å². The Labute approximate surface area is 186 Å². The molecule has 0 radical (unpaired) electrons. The highest BCUT2D eigenvalue weighted by Crippen LogP contribution is 2.37. The predicted molar refractivity (Wildman–Crippen MR) is 126 cm³/mol. The number of nitrogens with zero attached hydrogens (tertiary/aromatic N) is 4. The smallest absolute Gasteiger partial charge is 0.261 e. The molecule has 5 nitrogen and oxygen atoms in total. The highest BCUT2D eigenvalue weighted by molar-refractivity contribution is 6.30. The quantitative estimate of drug-likeness (QED) is 0.402. The number of halogens is 1. The highest BCUT2D eigenvalue weighted by atomic mass is 35.5. The van der Waals surface area contributed by atoms with Gasteiger partial charge in [0.2, 0.25) is 0 Å². The van der Waals surface area contributed by atoms with Gasteiger partial charge in [0, 0.05) is 29.0 Å². The van der Waals surface area contributed by atoms with Crippen LogP contribution in [0, 0.1) is 11.8 Å². The molecule has 160 valence electrons. The van der Waals surface area contributed by atoms with E-state index in [1.165, 1.54) is 12.8 Å². The van der Waals surface area contributed by atoms with Crippen molar-refractivity contribution in [2.75, 3.05) is 0 Å². The number of fused-ring (bicyclic) bond motifs is 3. The molecule has 6 heteroatoms. The lowest BCUT2D eigenvalue weighted by Crippen LogP contribution is -2.33. The third-order valence-corrected chi connectivity index (χ3v) is 7.35. The highest BCUT2D eigenvalue weighted by Gasteiger charge is 2.29. The Bertz CT molecular complexity index is 1320. The molecular weight excluding hydrogens is 408 g/mol. The van der Waals surface area contributed by atoms with Gasteiger partial charge < -0.3 is 4.57 Å². The van der Waals surface area contributed by atoms with E-state index in [-0.39, 0.29) is 11.6 Å². The van der Waals surface area contributed by atoms with Gasteiger partial charge in [-0.25, -0.2) is 9.50 Å². The monoisotopic (exact) mass is 434 g/mol. The van der Waals surface area contributed by atoms with Crippen molar-refractivity contribution in [3.63, 3.8) is 0 Å². The van der Waals surface area contributed by atoms with Gasteiger partial charge in [0.05, 0.1) is 16.6 Å². The zero-order chi connectivity index (χ0) is 21.7.